The average molecular weight is 218 g/mol. The highest BCUT2D eigenvalue weighted by Crippen LogP contribution is 2.17. The zero-order valence-electron chi connectivity index (χ0n) is 9.17. The molecule has 2 nitrogen and oxygen atoms in total. The molecule has 1 aromatic heterocycles. The average Bonchev–Trinajstić information content (AvgIpc) is 2.73. The predicted molar refractivity (Wildman–Crippen MR) is 68.0 cm³/mol. The maximum absolute atomic E-state index is 4.64. The lowest BCUT2D eigenvalue weighted by molar-refractivity contribution is 0.997. The van der Waals surface area contributed by atoms with Gasteiger partial charge >= 0.3 is 0 Å². The van der Waals surface area contributed by atoms with Crippen LogP contribution in [0.3, 0.4) is 0 Å². The van der Waals surface area contributed by atoms with Crippen LogP contribution in [-0.4, -0.2) is 11.0 Å². The Balaban J connectivity index is 2.19. The molecule has 2 aromatic rings. The molecule has 0 bridgehead atoms. The van der Waals surface area contributed by atoms with Crippen LogP contribution in [0.4, 0.5) is 0 Å². The molecule has 0 unspecified atom stereocenters. The largest absolute Gasteiger partial charge is 0.254 e. The van der Waals surface area contributed by atoms with Gasteiger partial charge in [-0.05, 0) is 17.7 Å². The third-order valence-corrected chi connectivity index (χ3v) is 3.28. The summed E-state index contributed by atoms with van der Waals surface area (Å²) >= 11 is 0. The van der Waals surface area contributed by atoms with Crippen LogP contribution in [0.15, 0.2) is 59.6 Å². The van der Waals surface area contributed by atoms with Gasteiger partial charge in [-0.3, -0.25) is 4.99 Å². The van der Waals surface area contributed by atoms with Gasteiger partial charge < -0.3 is 0 Å². The van der Waals surface area contributed by atoms with E-state index in [0.29, 0.717) is 0 Å². The number of benzene rings is 1. The molecule has 2 heteroatoms. The van der Waals surface area contributed by atoms with Crippen LogP contribution in [0.2, 0.25) is 0 Å². The van der Waals surface area contributed by atoms with Gasteiger partial charge in [0.05, 0.1) is 11.6 Å². The third-order valence-electron chi connectivity index (χ3n) is 3.28. The maximum atomic E-state index is 4.64. The van der Waals surface area contributed by atoms with Gasteiger partial charge in [-0.1, -0.05) is 42.5 Å². The first kappa shape index (κ1) is 8.88. The van der Waals surface area contributed by atoms with Crippen LogP contribution in [-0.2, 0) is 0 Å². The van der Waals surface area contributed by atoms with E-state index in [1.165, 1.54) is 16.2 Å². The highest BCUT2D eigenvalue weighted by Gasteiger charge is 2.17. The summed E-state index contributed by atoms with van der Waals surface area (Å²) in [6.07, 6.45) is 8.35. The Morgan fingerprint density at radius 3 is 3.00 bits per heavy atom. The number of rotatable bonds is 0. The highest BCUT2D eigenvalue weighted by molar-refractivity contribution is 5.80. The molecule has 1 aliphatic heterocycles. The van der Waals surface area contributed by atoms with E-state index in [0.717, 1.165) is 11.0 Å². The van der Waals surface area contributed by atoms with Crippen LogP contribution in [0.5, 0.6) is 0 Å². The van der Waals surface area contributed by atoms with Gasteiger partial charge in [0.2, 0.25) is 0 Å². The fraction of sp³-hybridized carbons (Fsp3) is 0.0667. The van der Waals surface area contributed by atoms with Gasteiger partial charge in [0.1, 0.15) is 0 Å². The molecule has 0 amide bonds. The highest BCUT2D eigenvalue weighted by atomic mass is 14.9. The Labute approximate surface area is 98.3 Å². The van der Waals surface area contributed by atoms with Crippen molar-refractivity contribution in [1.82, 2.24) is 4.98 Å². The fourth-order valence-electron chi connectivity index (χ4n) is 2.44. The number of allylic oxidation sites excluding steroid dienone is 2. The monoisotopic (exact) mass is 218 g/mol. The molecule has 17 heavy (non-hydrogen) atoms. The molecular formula is C15H10N2. The van der Waals surface area contributed by atoms with E-state index in [9.17, 15) is 0 Å². The van der Waals surface area contributed by atoms with E-state index in [2.05, 4.69) is 40.3 Å². The van der Waals surface area contributed by atoms with Crippen molar-refractivity contribution in [3.63, 3.8) is 0 Å². The summed E-state index contributed by atoms with van der Waals surface area (Å²) in [5.74, 6) is 0. The maximum Gasteiger partial charge on any atom is 0.156 e. The Morgan fingerprint density at radius 1 is 1.06 bits per heavy atom. The van der Waals surface area contributed by atoms with Gasteiger partial charge in [-0.2, -0.15) is 0 Å². The van der Waals surface area contributed by atoms with E-state index in [1.54, 1.807) is 0 Å². The Kier molecular flexibility index (Phi) is 1.64. The van der Waals surface area contributed by atoms with Crippen molar-refractivity contribution in [2.75, 3.05) is 0 Å². The SMILES string of the molecule is C1=CC2=c3cc4ccccc4nc3=N[C@H]2C=C1. The van der Waals surface area contributed by atoms with Crippen molar-refractivity contribution >= 4 is 16.5 Å². The van der Waals surface area contributed by atoms with Gasteiger partial charge in [-0.15, -0.1) is 0 Å². The molecule has 4 rings (SSSR count). The van der Waals surface area contributed by atoms with Gasteiger partial charge in [0.25, 0.3) is 0 Å². The molecule has 1 atom stereocenters. The number of fused-ring (bicyclic) bond motifs is 3. The first-order valence-corrected chi connectivity index (χ1v) is 5.74. The van der Waals surface area contributed by atoms with Gasteiger partial charge in [0.15, 0.2) is 5.49 Å². The van der Waals surface area contributed by atoms with Gasteiger partial charge in [-0.25, -0.2) is 4.98 Å². The Bertz CT molecular complexity index is 797. The van der Waals surface area contributed by atoms with Crippen LogP contribution in [0.25, 0.3) is 16.5 Å². The first-order chi connectivity index (χ1) is 8.42. The zero-order valence-corrected chi connectivity index (χ0v) is 9.17. The number of nitrogens with zero attached hydrogens (tertiary/aromatic N) is 2. The van der Waals surface area contributed by atoms with E-state index in [-0.39, 0.29) is 6.04 Å². The second-order valence-electron chi connectivity index (χ2n) is 4.33. The molecule has 0 radical (unpaired) electrons. The van der Waals surface area contributed by atoms with Crippen molar-refractivity contribution in [3.8, 4) is 0 Å². The first-order valence-electron chi connectivity index (χ1n) is 5.74. The Hall–Kier alpha value is -2.22. The fourth-order valence-corrected chi connectivity index (χ4v) is 2.44. The van der Waals surface area contributed by atoms with Crippen LogP contribution >= 0.6 is 0 Å². The summed E-state index contributed by atoms with van der Waals surface area (Å²) < 4.78 is 0. The number of hydrogen-bond acceptors (Lipinski definition) is 2. The van der Waals surface area contributed by atoms with Crippen LogP contribution in [0, 0.1) is 0 Å². The normalized spacial score (nSPS) is 20.2. The summed E-state index contributed by atoms with van der Waals surface area (Å²) in [5.41, 5.74) is 3.16. The van der Waals surface area contributed by atoms with Crippen molar-refractivity contribution < 1.29 is 0 Å². The molecular weight excluding hydrogens is 208 g/mol. The second kappa shape index (κ2) is 3.14. The third kappa shape index (κ3) is 1.21. The van der Waals surface area contributed by atoms with E-state index in [1.807, 2.05) is 24.3 Å². The zero-order chi connectivity index (χ0) is 11.2. The molecule has 0 saturated carbocycles. The molecule has 0 spiro atoms. The Morgan fingerprint density at radius 2 is 2.00 bits per heavy atom. The minimum Gasteiger partial charge on any atom is -0.254 e. The van der Waals surface area contributed by atoms with E-state index < -0.39 is 0 Å². The van der Waals surface area contributed by atoms with E-state index >= 15 is 0 Å². The van der Waals surface area contributed by atoms with Crippen molar-refractivity contribution in [3.05, 3.63) is 65.3 Å². The number of hydrogen-bond donors (Lipinski definition) is 0. The van der Waals surface area contributed by atoms with Gasteiger partial charge in [0, 0.05) is 10.6 Å². The predicted octanol–water partition coefficient (Wildman–Crippen LogP) is 1.51. The molecule has 0 fully saturated rings. The number of aromatic nitrogens is 1. The smallest absolute Gasteiger partial charge is 0.156 e. The summed E-state index contributed by atoms with van der Waals surface area (Å²) in [5, 5.41) is 2.35. The lowest BCUT2D eigenvalue weighted by Gasteiger charge is -2.06. The molecule has 2 aliphatic rings. The molecule has 0 N–H and O–H groups in total. The number of para-hydroxylation sites is 1. The lowest BCUT2D eigenvalue weighted by atomic mass is 10.0. The lowest BCUT2D eigenvalue weighted by Crippen LogP contribution is -2.26. The van der Waals surface area contributed by atoms with Crippen molar-refractivity contribution in [1.29, 1.82) is 0 Å². The summed E-state index contributed by atoms with van der Waals surface area (Å²) in [6.45, 7) is 0. The molecule has 80 valence electrons. The van der Waals surface area contributed by atoms with Crippen LogP contribution < -0.4 is 10.7 Å². The standard InChI is InChI=1S/C15H10N2/c1-3-7-13-10(5-1)9-12-11-6-2-4-8-14(11)17-15(12)16-13/h1-9,14H/t14-/m0/s1. The molecule has 2 heterocycles. The minimum absolute atomic E-state index is 0.166. The van der Waals surface area contributed by atoms with Crippen molar-refractivity contribution in [2.45, 2.75) is 6.04 Å². The summed E-state index contributed by atoms with van der Waals surface area (Å²) in [4.78, 5) is 9.26. The molecule has 1 aromatic carbocycles. The molecule has 0 saturated heterocycles. The molecule has 1 aliphatic carbocycles. The second-order valence-corrected chi connectivity index (χ2v) is 4.33. The minimum atomic E-state index is 0.166. The van der Waals surface area contributed by atoms with E-state index in [4.69, 9.17) is 0 Å². The van der Waals surface area contributed by atoms with Crippen LogP contribution in [0.1, 0.15) is 0 Å². The van der Waals surface area contributed by atoms with Crippen molar-refractivity contribution in [2.24, 2.45) is 4.99 Å². The summed E-state index contributed by atoms with van der Waals surface area (Å²) in [7, 11) is 0. The topological polar surface area (TPSA) is 25.2 Å². The summed E-state index contributed by atoms with van der Waals surface area (Å²) in [6, 6.07) is 10.5. The number of pyridine rings is 1. The quantitative estimate of drug-likeness (QED) is 0.658.